The van der Waals surface area contributed by atoms with Crippen LogP contribution in [0.5, 0.6) is 0 Å². The first kappa shape index (κ1) is 22.1. The Hall–Kier alpha value is -0.970. The summed E-state index contributed by atoms with van der Waals surface area (Å²) in [6.45, 7) is 1.52. The zero-order chi connectivity index (χ0) is 16.2. The molecule has 2 bridgehead atoms. The molecule has 0 aromatic heterocycles. The summed E-state index contributed by atoms with van der Waals surface area (Å²) < 4.78 is 0. The van der Waals surface area contributed by atoms with Crippen LogP contribution in [-0.2, 0) is 4.79 Å². The second-order valence-corrected chi connectivity index (χ2v) is 7.24. The number of fused-ring (bicyclic) bond motifs is 2. The van der Waals surface area contributed by atoms with E-state index in [0.29, 0.717) is 24.4 Å². The topological polar surface area (TPSA) is 58.4 Å². The monoisotopic (exact) mass is 387 g/mol. The molecule has 1 aromatic carbocycles. The first-order valence-corrected chi connectivity index (χ1v) is 8.94. The molecule has 0 spiro atoms. The van der Waals surface area contributed by atoms with Gasteiger partial charge >= 0.3 is 0 Å². The molecule has 2 fully saturated rings. The van der Waals surface area contributed by atoms with Crippen molar-refractivity contribution in [1.82, 2.24) is 5.32 Å². The van der Waals surface area contributed by atoms with E-state index in [1.807, 2.05) is 18.2 Å². The van der Waals surface area contributed by atoms with E-state index in [1.165, 1.54) is 24.9 Å². The van der Waals surface area contributed by atoms with E-state index in [4.69, 9.17) is 5.73 Å². The quantitative estimate of drug-likeness (QED) is 0.814. The van der Waals surface area contributed by atoms with Gasteiger partial charge in [-0.15, -0.1) is 24.8 Å². The molecule has 25 heavy (non-hydrogen) atoms. The number of nitrogens with one attached hydrogen (secondary N) is 1. The number of carbonyl (C=O) groups excluding carboxylic acids is 1. The summed E-state index contributed by atoms with van der Waals surface area (Å²) in [7, 11) is 2.06. The smallest absolute Gasteiger partial charge is 0.223 e. The average molecular weight is 388 g/mol. The standard InChI is InChI=1S/C19H29N3O.2ClH/c1-22(17-8-3-2-4-9-17)11-10-21-19(23)16-12-14-6-5-7-15(13-16)18(14)20;;/h2-4,8-9,14-16,18H,5-7,10-13,20H2,1H3,(H,21,23);2*1H. The summed E-state index contributed by atoms with van der Waals surface area (Å²) in [4.78, 5) is 14.7. The van der Waals surface area contributed by atoms with E-state index in [9.17, 15) is 4.79 Å². The van der Waals surface area contributed by atoms with Gasteiger partial charge in [0.1, 0.15) is 0 Å². The highest BCUT2D eigenvalue weighted by atomic mass is 35.5. The summed E-state index contributed by atoms with van der Waals surface area (Å²) >= 11 is 0. The maximum absolute atomic E-state index is 12.5. The number of hydrogen-bond donors (Lipinski definition) is 2. The van der Waals surface area contributed by atoms with Gasteiger partial charge in [-0.3, -0.25) is 4.79 Å². The highest BCUT2D eigenvalue weighted by molar-refractivity contribution is 5.85. The second-order valence-electron chi connectivity index (χ2n) is 7.24. The third kappa shape index (κ3) is 5.50. The van der Waals surface area contributed by atoms with E-state index in [0.717, 1.165) is 19.4 Å². The molecule has 2 atom stereocenters. The van der Waals surface area contributed by atoms with Crippen LogP contribution in [-0.4, -0.2) is 32.1 Å². The summed E-state index contributed by atoms with van der Waals surface area (Å²) in [5, 5.41) is 3.14. The van der Waals surface area contributed by atoms with E-state index in [-0.39, 0.29) is 36.6 Å². The van der Waals surface area contributed by atoms with Crippen molar-refractivity contribution in [3.8, 4) is 0 Å². The predicted molar refractivity (Wildman–Crippen MR) is 109 cm³/mol. The Balaban J connectivity index is 0.00000156. The lowest BCUT2D eigenvalue weighted by Gasteiger charge is -2.43. The molecule has 4 nitrogen and oxygen atoms in total. The Morgan fingerprint density at radius 3 is 2.36 bits per heavy atom. The maximum Gasteiger partial charge on any atom is 0.223 e. The number of para-hydroxylation sites is 1. The number of amides is 1. The molecule has 142 valence electrons. The Labute approximate surface area is 163 Å². The lowest BCUT2D eigenvalue weighted by molar-refractivity contribution is -0.127. The van der Waals surface area contributed by atoms with E-state index < -0.39 is 0 Å². The molecule has 6 heteroatoms. The van der Waals surface area contributed by atoms with Crippen LogP contribution in [0, 0.1) is 17.8 Å². The number of carbonyl (C=O) groups is 1. The SMILES string of the molecule is CN(CCNC(=O)C1CC2CCCC(C1)C2N)c1ccccc1.Cl.Cl. The van der Waals surface area contributed by atoms with Crippen LogP contribution in [0.1, 0.15) is 32.1 Å². The van der Waals surface area contributed by atoms with Crippen molar-refractivity contribution in [1.29, 1.82) is 0 Å². The van der Waals surface area contributed by atoms with E-state index in [2.05, 4.69) is 29.4 Å². The molecule has 1 amide bonds. The van der Waals surface area contributed by atoms with E-state index >= 15 is 0 Å². The molecule has 2 aliphatic rings. The number of benzene rings is 1. The first-order valence-electron chi connectivity index (χ1n) is 8.94. The largest absolute Gasteiger partial charge is 0.373 e. The molecular formula is C19H31Cl2N3O. The number of rotatable bonds is 5. The van der Waals surface area contributed by atoms with Gasteiger partial charge in [-0.1, -0.05) is 24.6 Å². The highest BCUT2D eigenvalue weighted by Crippen LogP contribution is 2.41. The molecule has 2 saturated carbocycles. The Morgan fingerprint density at radius 1 is 1.16 bits per heavy atom. The number of halogens is 2. The van der Waals surface area contributed by atoms with Crippen LogP contribution in [0.15, 0.2) is 30.3 Å². The third-order valence-corrected chi connectivity index (χ3v) is 5.73. The Bertz CT molecular complexity index is 515. The average Bonchev–Trinajstić information content (AvgIpc) is 2.55. The van der Waals surface area contributed by atoms with Crippen LogP contribution in [0.25, 0.3) is 0 Å². The van der Waals surface area contributed by atoms with E-state index in [1.54, 1.807) is 0 Å². The van der Waals surface area contributed by atoms with Crippen molar-refractivity contribution < 1.29 is 4.79 Å². The summed E-state index contributed by atoms with van der Waals surface area (Å²) in [5.74, 6) is 1.53. The fourth-order valence-corrected chi connectivity index (χ4v) is 4.31. The predicted octanol–water partition coefficient (Wildman–Crippen LogP) is 3.24. The molecular weight excluding hydrogens is 357 g/mol. The fourth-order valence-electron chi connectivity index (χ4n) is 4.31. The number of nitrogens with zero attached hydrogens (tertiary/aromatic N) is 1. The number of likely N-dealkylation sites (N-methyl/N-ethyl adjacent to an activating group) is 1. The lowest BCUT2D eigenvalue weighted by Crippen LogP contribution is -2.49. The van der Waals surface area contributed by atoms with Crippen LogP contribution in [0.2, 0.25) is 0 Å². The minimum atomic E-state index is 0. The Morgan fingerprint density at radius 2 is 1.76 bits per heavy atom. The van der Waals surface area contributed by atoms with Crippen molar-refractivity contribution in [2.75, 3.05) is 25.0 Å². The minimum absolute atomic E-state index is 0. The van der Waals surface area contributed by atoms with Crippen molar-refractivity contribution in [2.24, 2.45) is 23.5 Å². The third-order valence-electron chi connectivity index (χ3n) is 5.73. The summed E-state index contributed by atoms with van der Waals surface area (Å²) in [6.07, 6.45) is 5.67. The van der Waals surface area contributed by atoms with Crippen molar-refractivity contribution in [3.05, 3.63) is 30.3 Å². The molecule has 0 aliphatic heterocycles. The summed E-state index contributed by atoms with van der Waals surface area (Å²) in [6, 6.07) is 10.6. The molecule has 2 aliphatic carbocycles. The van der Waals surface area contributed by atoms with Crippen LogP contribution in [0.4, 0.5) is 5.69 Å². The molecule has 1 aromatic rings. The maximum atomic E-state index is 12.5. The molecule has 3 rings (SSSR count). The molecule has 2 unspecified atom stereocenters. The fraction of sp³-hybridized carbons (Fsp3) is 0.632. The van der Waals surface area contributed by atoms with Crippen LogP contribution in [0.3, 0.4) is 0 Å². The van der Waals surface area contributed by atoms with Gasteiger partial charge in [-0.05, 0) is 49.7 Å². The molecule has 0 radical (unpaired) electrons. The molecule has 3 N–H and O–H groups in total. The zero-order valence-corrected chi connectivity index (χ0v) is 16.5. The van der Waals surface area contributed by atoms with Gasteiger partial charge in [-0.2, -0.15) is 0 Å². The second kappa shape index (κ2) is 10.2. The Kier molecular flexibility index (Phi) is 9.04. The van der Waals surface area contributed by atoms with Crippen LogP contribution >= 0.6 is 24.8 Å². The van der Waals surface area contributed by atoms with Gasteiger partial charge < -0.3 is 16.0 Å². The number of hydrogen-bond acceptors (Lipinski definition) is 3. The minimum Gasteiger partial charge on any atom is -0.373 e. The van der Waals surface area contributed by atoms with Gasteiger partial charge in [-0.25, -0.2) is 0 Å². The van der Waals surface area contributed by atoms with Crippen molar-refractivity contribution in [2.45, 2.75) is 38.1 Å². The molecule has 0 heterocycles. The number of nitrogens with two attached hydrogens (primary N) is 1. The van der Waals surface area contributed by atoms with Crippen molar-refractivity contribution >= 4 is 36.4 Å². The lowest BCUT2D eigenvalue weighted by atomic mass is 9.65. The number of anilines is 1. The van der Waals surface area contributed by atoms with Gasteiger partial charge in [0, 0.05) is 37.8 Å². The van der Waals surface area contributed by atoms with Gasteiger partial charge in [0.05, 0.1) is 0 Å². The van der Waals surface area contributed by atoms with Gasteiger partial charge in [0.2, 0.25) is 5.91 Å². The normalized spacial score (nSPS) is 27.4. The first-order chi connectivity index (χ1) is 11.1. The van der Waals surface area contributed by atoms with Crippen molar-refractivity contribution in [3.63, 3.8) is 0 Å². The molecule has 0 saturated heterocycles. The summed E-state index contributed by atoms with van der Waals surface area (Å²) in [5.41, 5.74) is 7.49. The van der Waals surface area contributed by atoms with Crippen LogP contribution < -0.4 is 16.0 Å². The zero-order valence-electron chi connectivity index (χ0n) is 14.9. The van der Waals surface area contributed by atoms with Gasteiger partial charge in [0.15, 0.2) is 0 Å². The van der Waals surface area contributed by atoms with Gasteiger partial charge in [0.25, 0.3) is 0 Å². The highest BCUT2D eigenvalue weighted by Gasteiger charge is 2.40.